The molecule has 1 aliphatic rings. The predicted octanol–water partition coefficient (Wildman–Crippen LogP) is 4.15. The van der Waals surface area contributed by atoms with Gasteiger partial charge in [0.25, 0.3) is 5.56 Å². The molecule has 0 aliphatic carbocycles. The Morgan fingerprint density at radius 3 is 2.71 bits per heavy atom. The van der Waals surface area contributed by atoms with E-state index >= 15 is 0 Å². The molecule has 5 nitrogen and oxygen atoms in total. The number of thioether (sulfide) groups is 1. The zero-order valence-electron chi connectivity index (χ0n) is 15.8. The Morgan fingerprint density at radius 2 is 1.93 bits per heavy atom. The Kier molecular flexibility index (Phi) is 5.05. The SMILES string of the molecule is Cc1cccc(C2CC(=O)Nc3nc(SCc4ccccc4C)[nH]c(=O)c32)c1. The van der Waals surface area contributed by atoms with E-state index in [9.17, 15) is 9.59 Å². The second-order valence-corrected chi connectivity index (χ2v) is 8.03. The highest BCUT2D eigenvalue weighted by Crippen LogP contribution is 2.35. The molecule has 2 aromatic carbocycles. The van der Waals surface area contributed by atoms with Gasteiger partial charge in [0.15, 0.2) is 5.16 Å². The Morgan fingerprint density at radius 1 is 1.11 bits per heavy atom. The number of H-pyrrole nitrogens is 1. The zero-order valence-corrected chi connectivity index (χ0v) is 16.6. The summed E-state index contributed by atoms with van der Waals surface area (Å²) < 4.78 is 0. The van der Waals surface area contributed by atoms with Crippen LogP contribution in [0.2, 0.25) is 0 Å². The van der Waals surface area contributed by atoms with Gasteiger partial charge in [0.1, 0.15) is 5.82 Å². The molecule has 0 saturated heterocycles. The number of fused-ring (bicyclic) bond motifs is 1. The van der Waals surface area contributed by atoms with Gasteiger partial charge in [-0.1, -0.05) is 65.9 Å². The highest BCUT2D eigenvalue weighted by molar-refractivity contribution is 7.98. The van der Waals surface area contributed by atoms with E-state index < -0.39 is 0 Å². The summed E-state index contributed by atoms with van der Waals surface area (Å²) in [7, 11) is 0. The van der Waals surface area contributed by atoms with Crippen LogP contribution in [0.15, 0.2) is 58.5 Å². The molecule has 3 aromatic rings. The molecule has 1 atom stereocenters. The molecule has 0 bridgehead atoms. The van der Waals surface area contributed by atoms with E-state index in [-0.39, 0.29) is 23.8 Å². The first-order chi connectivity index (χ1) is 13.5. The molecule has 1 aliphatic heterocycles. The van der Waals surface area contributed by atoms with Crippen LogP contribution in [0, 0.1) is 13.8 Å². The quantitative estimate of drug-likeness (QED) is 0.517. The molecule has 28 heavy (non-hydrogen) atoms. The van der Waals surface area contributed by atoms with E-state index in [2.05, 4.69) is 34.3 Å². The summed E-state index contributed by atoms with van der Waals surface area (Å²) in [6.07, 6.45) is 0.247. The number of nitrogens with zero attached hydrogens (tertiary/aromatic N) is 1. The van der Waals surface area contributed by atoms with Crippen LogP contribution in [0.1, 0.15) is 40.2 Å². The summed E-state index contributed by atoms with van der Waals surface area (Å²) in [4.78, 5) is 32.6. The number of hydrogen-bond acceptors (Lipinski definition) is 4. The Hall–Kier alpha value is -2.86. The molecule has 4 rings (SSSR count). The van der Waals surface area contributed by atoms with Crippen LogP contribution >= 0.6 is 11.8 Å². The number of carbonyl (C=O) groups is 1. The van der Waals surface area contributed by atoms with Gasteiger partial charge in [0, 0.05) is 18.1 Å². The number of benzene rings is 2. The van der Waals surface area contributed by atoms with E-state index in [0.717, 1.165) is 11.1 Å². The van der Waals surface area contributed by atoms with Gasteiger partial charge in [-0.15, -0.1) is 0 Å². The monoisotopic (exact) mass is 391 g/mol. The normalized spacial score (nSPS) is 15.8. The molecule has 0 radical (unpaired) electrons. The molecule has 1 unspecified atom stereocenters. The van der Waals surface area contributed by atoms with Crippen molar-refractivity contribution in [1.29, 1.82) is 0 Å². The van der Waals surface area contributed by atoms with Gasteiger partial charge in [0.05, 0.1) is 5.56 Å². The van der Waals surface area contributed by atoms with Gasteiger partial charge in [-0.25, -0.2) is 4.98 Å². The molecule has 0 fully saturated rings. The van der Waals surface area contributed by atoms with Crippen molar-refractivity contribution in [2.45, 2.75) is 37.1 Å². The van der Waals surface area contributed by atoms with Crippen molar-refractivity contribution in [2.75, 3.05) is 5.32 Å². The molecular weight excluding hydrogens is 370 g/mol. The molecule has 1 amide bonds. The number of aromatic amines is 1. The van der Waals surface area contributed by atoms with E-state index in [4.69, 9.17) is 0 Å². The van der Waals surface area contributed by atoms with Crippen molar-refractivity contribution in [3.63, 3.8) is 0 Å². The first kappa shape index (κ1) is 18.5. The third kappa shape index (κ3) is 3.73. The number of nitrogens with one attached hydrogen (secondary N) is 2. The Bertz CT molecular complexity index is 1110. The average Bonchev–Trinajstić information content (AvgIpc) is 2.66. The highest BCUT2D eigenvalue weighted by atomic mass is 32.2. The number of anilines is 1. The summed E-state index contributed by atoms with van der Waals surface area (Å²) in [5.41, 5.74) is 4.79. The molecule has 0 spiro atoms. The van der Waals surface area contributed by atoms with Crippen LogP contribution in [-0.4, -0.2) is 15.9 Å². The standard InChI is InChI=1S/C22H21N3O2S/c1-13-6-5-9-15(10-13)17-11-18(26)23-20-19(17)21(27)25-22(24-20)28-12-16-8-4-3-7-14(16)2/h3-10,17H,11-12H2,1-2H3,(H2,23,24,25,26,27). The maximum Gasteiger partial charge on any atom is 0.257 e. The van der Waals surface area contributed by atoms with Crippen molar-refractivity contribution >= 4 is 23.5 Å². The fraction of sp³-hybridized carbons (Fsp3) is 0.227. The largest absolute Gasteiger partial charge is 0.310 e. The summed E-state index contributed by atoms with van der Waals surface area (Å²) >= 11 is 1.46. The summed E-state index contributed by atoms with van der Waals surface area (Å²) in [6, 6.07) is 16.1. The number of rotatable bonds is 4. The first-order valence-corrected chi connectivity index (χ1v) is 10.2. The second-order valence-electron chi connectivity index (χ2n) is 7.07. The van der Waals surface area contributed by atoms with Crippen molar-refractivity contribution in [3.05, 3.63) is 86.7 Å². The molecule has 0 saturated carbocycles. The van der Waals surface area contributed by atoms with Crippen molar-refractivity contribution < 1.29 is 4.79 Å². The number of carbonyl (C=O) groups excluding carboxylic acids is 1. The maximum atomic E-state index is 12.9. The van der Waals surface area contributed by atoms with Crippen LogP contribution in [0.4, 0.5) is 5.82 Å². The van der Waals surface area contributed by atoms with Crippen LogP contribution in [0.3, 0.4) is 0 Å². The molecule has 2 N–H and O–H groups in total. The fourth-order valence-electron chi connectivity index (χ4n) is 3.51. The van der Waals surface area contributed by atoms with E-state index in [1.54, 1.807) is 0 Å². The summed E-state index contributed by atoms with van der Waals surface area (Å²) in [6.45, 7) is 4.06. The molecule has 142 valence electrons. The van der Waals surface area contributed by atoms with Crippen LogP contribution in [0.25, 0.3) is 0 Å². The number of hydrogen-bond donors (Lipinski definition) is 2. The Balaban J connectivity index is 1.67. The topological polar surface area (TPSA) is 74.8 Å². The van der Waals surface area contributed by atoms with Gasteiger partial charge < -0.3 is 10.3 Å². The first-order valence-electron chi connectivity index (χ1n) is 9.19. The highest BCUT2D eigenvalue weighted by Gasteiger charge is 2.31. The lowest BCUT2D eigenvalue weighted by Gasteiger charge is -2.24. The zero-order chi connectivity index (χ0) is 19.7. The third-order valence-corrected chi connectivity index (χ3v) is 5.92. The smallest absolute Gasteiger partial charge is 0.257 e. The van der Waals surface area contributed by atoms with Gasteiger partial charge in [0.2, 0.25) is 5.91 Å². The lowest BCUT2D eigenvalue weighted by atomic mass is 9.86. The van der Waals surface area contributed by atoms with Crippen LogP contribution < -0.4 is 10.9 Å². The van der Waals surface area contributed by atoms with Crippen molar-refractivity contribution in [3.8, 4) is 0 Å². The molecule has 1 aromatic heterocycles. The lowest BCUT2D eigenvalue weighted by molar-refractivity contribution is -0.116. The van der Waals surface area contributed by atoms with Gasteiger partial charge in [-0.3, -0.25) is 9.59 Å². The van der Waals surface area contributed by atoms with Crippen LogP contribution in [0.5, 0.6) is 0 Å². The van der Waals surface area contributed by atoms with E-state index in [1.807, 2.05) is 43.3 Å². The molecular formula is C22H21N3O2S. The average molecular weight is 391 g/mol. The summed E-state index contributed by atoms with van der Waals surface area (Å²) in [5.74, 6) is 0.671. The number of aryl methyl sites for hydroxylation is 2. The van der Waals surface area contributed by atoms with Crippen molar-refractivity contribution in [1.82, 2.24) is 9.97 Å². The fourth-order valence-corrected chi connectivity index (χ4v) is 4.45. The molecule has 6 heteroatoms. The van der Waals surface area contributed by atoms with E-state index in [0.29, 0.717) is 22.3 Å². The molecule has 2 heterocycles. The minimum atomic E-state index is -0.282. The number of aromatic nitrogens is 2. The van der Waals surface area contributed by atoms with Gasteiger partial charge in [-0.2, -0.15) is 0 Å². The minimum absolute atomic E-state index is 0.119. The summed E-state index contributed by atoms with van der Waals surface area (Å²) in [5, 5.41) is 3.29. The maximum absolute atomic E-state index is 12.9. The predicted molar refractivity (Wildman–Crippen MR) is 112 cm³/mol. The van der Waals surface area contributed by atoms with Crippen LogP contribution in [-0.2, 0) is 10.5 Å². The lowest BCUT2D eigenvalue weighted by Crippen LogP contribution is -2.31. The second kappa shape index (κ2) is 7.64. The van der Waals surface area contributed by atoms with E-state index in [1.165, 1.54) is 22.9 Å². The van der Waals surface area contributed by atoms with Gasteiger partial charge >= 0.3 is 0 Å². The third-order valence-electron chi connectivity index (χ3n) is 5.00. The van der Waals surface area contributed by atoms with Crippen molar-refractivity contribution in [2.24, 2.45) is 0 Å². The Labute approximate surface area is 167 Å². The minimum Gasteiger partial charge on any atom is -0.310 e. The number of amides is 1. The van der Waals surface area contributed by atoms with Gasteiger partial charge in [-0.05, 0) is 30.5 Å².